The number of fused-ring (bicyclic) bond motifs is 1. The maximum Gasteiger partial charge on any atom is 0.407 e. The minimum absolute atomic E-state index is 0.00743. The van der Waals surface area contributed by atoms with Crippen LogP contribution in [0.1, 0.15) is 32.8 Å². The van der Waals surface area contributed by atoms with Gasteiger partial charge in [0.05, 0.1) is 21.6 Å². The van der Waals surface area contributed by atoms with E-state index >= 15 is 0 Å². The molecule has 1 saturated heterocycles. The van der Waals surface area contributed by atoms with Gasteiger partial charge in [-0.2, -0.15) is 5.26 Å². The molecule has 1 amide bonds. The van der Waals surface area contributed by atoms with Gasteiger partial charge in [-0.1, -0.05) is 0 Å². The zero-order chi connectivity index (χ0) is 19.1. The summed E-state index contributed by atoms with van der Waals surface area (Å²) in [5.74, 6) is 0.690. The van der Waals surface area contributed by atoms with Gasteiger partial charge in [0.2, 0.25) is 5.95 Å². The van der Waals surface area contributed by atoms with Crippen molar-refractivity contribution in [3.8, 4) is 6.07 Å². The third-order valence-electron chi connectivity index (χ3n) is 3.98. The van der Waals surface area contributed by atoms with E-state index in [4.69, 9.17) is 4.74 Å². The minimum atomic E-state index is -0.518. The predicted molar refractivity (Wildman–Crippen MR) is 106 cm³/mol. The third-order valence-corrected chi connectivity index (χ3v) is 5.96. The van der Waals surface area contributed by atoms with Gasteiger partial charge in [-0.3, -0.25) is 0 Å². The maximum absolute atomic E-state index is 11.9. The molecule has 0 saturated carbocycles. The number of hydrogen-bond acceptors (Lipinski definition) is 5. The number of ether oxygens (including phenoxy) is 1. The second-order valence-corrected chi connectivity index (χ2v) is 8.84. The quantitative estimate of drug-likeness (QED) is 0.670. The van der Waals surface area contributed by atoms with Gasteiger partial charge in [0.1, 0.15) is 17.2 Å². The first kappa shape index (κ1) is 19.0. The highest BCUT2D eigenvalue weighted by Crippen LogP contribution is 2.33. The number of anilines is 1. The Morgan fingerprint density at radius 1 is 1.50 bits per heavy atom. The second kappa shape index (κ2) is 7.08. The van der Waals surface area contributed by atoms with E-state index in [0.29, 0.717) is 28.0 Å². The molecule has 2 N–H and O–H groups in total. The highest BCUT2D eigenvalue weighted by molar-refractivity contribution is 9.13. The van der Waals surface area contributed by atoms with E-state index in [1.165, 1.54) is 0 Å². The third kappa shape index (κ3) is 3.96. The molecule has 1 aliphatic rings. The van der Waals surface area contributed by atoms with Crippen molar-refractivity contribution in [3.63, 3.8) is 0 Å². The molecule has 1 fully saturated rings. The van der Waals surface area contributed by atoms with Crippen LogP contribution >= 0.6 is 31.9 Å². The number of carbonyl (C=O) groups is 1. The Hall–Kier alpha value is -1.79. The molecule has 1 aromatic heterocycles. The number of amides is 1. The van der Waals surface area contributed by atoms with Crippen LogP contribution in [0.4, 0.5) is 10.7 Å². The SMILES string of the molecule is CC(C)(C)OC(=O)NC1CCN(c2nc3c(C#N)c(Br)c(Br)cc3[nH]2)C1. The van der Waals surface area contributed by atoms with Gasteiger partial charge in [-0.15, -0.1) is 0 Å². The van der Waals surface area contributed by atoms with Crippen LogP contribution in [0, 0.1) is 11.3 Å². The topological polar surface area (TPSA) is 94.0 Å². The molecule has 138 valence electrons. The van der Waals surface area contributed by atoms with Crippen LogP contribution in [0.5, 0.6) is 0 Å². The molecule has 1 atom stereocenters. The molecule has 2 aromatic rings. The molecule has 3 rings (SSSR count). The van der Waals surface area contributed by atoms with Crippen molar-refractivity contribution in [1.82, 2.24) is 15.3 Å². The molecule has 2 heterocycles. The van der Waals surface area contributed by atoms with E-state index < -0.39 is 11.7 Å². The molecule has 0 aliphatic carbocycles. The number of imidazole rings is 1. The number of carbonyl (C=O) groups excluding carboxylic acids is 1. The summed E-state index contributed by atoms with van der Waals surface area (Å²) < 4.78 is 6.79. The van der Waals surface area contributed by atoms with Gasteiger partial charge in [0.25, 0.3) is 0 Å². The lowest BCUT2D eigenvalue weighted by atomic mass is 10.2. The van der Waals surface area contributed by atoms with E-state index in [-0.39, 0.29) is 6.04 Å². The summed E-state index contributed by atoms with van der Waals surface area (Å²) >= 11 is 6.86. The fraction of sp³-hybridized carbons (Fsp3) is 0.471. The summed E-state index contributed by atoms with van der Waals surface area (Å²) in [6.07, 6.45) is 0.392. The van der Waals surface area contributed by atoms with Crippen LogP contribution in [0.3, 0.4) is 0 Å². The van der Waals surface area contributed by atoms with Crippen LogP contribution in [-0.2, 0) is 4.74 Å². The molecule has 7 nitrogen and oxygen atoms in total. The van der Waals surface area contributed by atoms with Crippen LogP contribution in [-0.4, -0.2) is 40.8 Å². The van der Waals surface area contributed by atoms with Crippen molar-refractivity contribution in [2.45, 2.75) is 38.8 Å². The van der Waals surface area contributed by atoms with Crippen molar-refractivity contribution < 1.29 is 9.53 Å². The van der Waals surface area contributed by atoms with Crippen molar-refractivity contribution in [2.24, 2.45) is 0 Å². The Morgan fingerprint density at radius 2 is 2.23 bits per heavy atom. The lowest BCUT2D eigenvalue weighted by Crippen LogP contribution is -2.40. The first-order chi connectivity index (χ1) is 12.2. The van der Waals surface area contributed by atoms with Crippen LogP contribution < -0.4 is 10.2 Å². The zero-order valence-corrected chi connectivity index (χ0v) is 17.9. The van der Waals surface area contributed by atoms with Gasteiger partial charge in [-0.05, 0) is 65.1 Å². The monoisotopic (exact) mass is 483 g/mol. The first-order valence-electron chi connectivity index (χ1n) is 8.20. The number of H-pyrrole nitrogens is 1. The predicted octanol–water partition coefficient (Wildman–Crippen LogP) is 4.06. The standard InChI is InChI=1S/C17H19Br2N5O2/c1-17(2,3)26-16(25)21-9-4-5-24(8-9)15-22-12-6-11(18)13(19)10(7-20)14(12)23-15/h6,9H,4-5,8H2,1-3H3,(H,21,25)(H,22,23). The van der Waals surface area contributed by atoms with E-state index in [0.717, 1.165) is 23.0 Å². The van der Waals surface area contributed by atoms with E-state index in [2.05, 4.69) is 58.1 Å². The fourth-order valence-corrected chi connectivity index (χ4v) is 3.70. The van der Waals surface area contributed by atoms with Crippen LogP contribution in [0.2, 0.25) is 0 Å². The first-order valence-corrected chi connectivity index (χ1v) is 9.79. The normalized spacial score (nSPS) is 17.4. The van der Waals surface area contributed by atoms with E-state index in [1.54, 1.807) is 0 Å². The number of nitrogens with one attached hydrogen (secondary N) is 2. The molecule has 0 spiro atoms. The summed E-state index contributed by atoms with van der Waals surface area (Å²) in [7, 11) is 0. The Balaban J connectivity index is 1.75. The van der Waals surface area contributed by atoms with Gasteiger partial charge in [0, 0.05) is 17.6 Å². The molecule has 1 aliphatic heterocycles. The lowest BCUT2D eigenvalue weighted by Gasteiger charge is -2.22. The molecule has 9 heteroatoms. The number of rotatable bonds is 2. The fourth-order valence-electron chi connectivity index (χ4n) is 2.88. The summed E-state index contributed by atoms with van der Waals surface area (Å²) in [4.78, 5) is 21.9. The van der Waals surface area contributed by atoms with Gasteiger partial charge in [-0.25, -0.2) is 9.78 Å². The summed E-state index contributed by atoms with van der Waals surface area (Å²) in [5.41, 5.74) is 1.38. The number of aromatic amines is 1. The van der Waals surface area contributed by atoms with Gasteiger partial charge in [0.15, 0.2) is 0 Å². The van der Waals surface area contributed by atoms with Crippen molar-refractivity contribution in [3.05, 3.63) is 20.6 Å². The number of alkyl carbamates (subject to hydrolysis) is 1. The molecule has 0 radical (unpaired) electrons. The smallest absolute Gasteiger partial charge is 0.407 e. The highest BCUT2D eigenvalue weighted by Gasteiger charge is 2.28. The van der Waals surface area contributed by atoms with Crippen LogP contribution in [0.15, 0.2) is 15.0 Å². The van der Waals surface area contributed by atoms with Crippen molar-refractivity contribution >= 4 is 54.9 Å². The van der Waals surface area contributed by atoms with E-state index in [1.807, 2.05) is 26.8 Å². The minimum Gasteiger partial charge on any atom is -0.444 e. The number of aromatic nitrogens is 2. The van der Waals surface area contributed by atoms with E-state index in [9.17, 15) is 10.1 Å². The molecule has 26 heavy (non-hydrogen) atoms. The molecular weight excluding hydrogens is 466 g/mol. The Kier molecular flexibility index (Phi) is 5.17. The van der Waals surface area contributed by atoms with Crippen molar-refractivity contribution in [2.75, 3.05) is 18.0 Å². The average Bonchev–Trinajstić information content (AvgIpc) is 3.13. The number of halogens is 2. The Morgan fingerprint density at radius 3 is 2.88 bits per heavy atom. The maximum atomic E-state index is 11.9. The Labute approximate surface area is 168 Å². The summed E-state index contributed by atoms with van der Waals surface area (Å²) in [6, 6.07) is 4.07. The number of nitriles is 1. The van der Waals surface area contributed by atoms with Crippen molar-refractivity contribution in [1.29, 1.82) is 5.26 Å². The second-order valence-electron chi connectivity index (χ2n) is 7.19. The molecule has 1 aromatic carbocycles. The molecular formula is C17H19Br2N5O2. The van der Waals surface area contributed by atoms with Gasteiger partial charge >= 0.3 is 6.09 Å². The zero-order valence-electron chi connectivity index (χ0n) is 14.7. The highest BCUT2D eigenvalue weighted by atomic mass is 79.9. The number of nitrogens with zero attached hydrogens (tertiary/aromatic N) is 3. The lowest BCUT2D eigenvalue weighted by molar-refractivity contribution is 0.0509. The number of hydrogen-bond donors (Lipinski definition) is 2. The molecule has 0 bridgehead atoms. The number of benzene rings is 1. The van der Waals surface area contributed by atoms with Gasteiger partial charge < -0.3 is 19.9 Å². The average molecular weight is 485 g/mol. The summed E-state index contributed by atoms with van der Waals surface area (Å²) in [6.45, 7) is 6.90. The van der Waals surface area contributed by atoms with Crippen LogP contribution in [0.25, 0.3) is 11.0 Å². The Bertz CT molecular complexity index is 897. The molecule has 1 unspecified atom stereocenters. The summed E-state index contributed by atoms with van der Waals surface area (Å²) in [5, 5.41) is 12.3. The largest absolute Gasteiger partial charge is 0.444 e.